The first-order chi connectivity index (χ1) is 21.3. The standard InChI is InChI=1S/C37H47N3O4/c1-7-44-35-21-30-31(22-34(35)42-6)36(38-33-17-19-39(5)23-32(30)33)28-13-15-29(16-14-28)37(41)40(25(2)3)26(4)18-20-43-24-27-11-9-8-10-12-27/h8-16,21-22,25-26,32-33H,7,17-20,23-24H2,1-6H3/t26?,32-,33-/m1/s1. The fraction of sp³-hybridized carbons (Fsp3) is 0.459. The van der Waals surface area contributed by atoms with Gasteiger partial charge in [0.15, 0.2) is 11.5 Å². The Labute approximate surface area is 262 Å². The van der Waals surface area contributed by atoms with Crippen LogP contribution >= 0.6 is 0 Å². The molecule has 1 fully saturated rings. The predicted molar refractivity (Wildman–Crippen MR) is 176 cm³/mol. The number of aliphatic imine (C=N–C) groups is 1. The van der Waals surface area contributed by atoms with Crippen molar-refractivity contribution in [2.24, 2.45) is 4.99 Å². The van der Waals surface area contributed by atoms with E-state index in [1.165, 1.54) is 5.56 Å². The molecule has 1 amide bonds. The maximum Gasteiger partial charge on any atom is 0.254 e. The number of ether oxygens (including phenoxy) is 3. The van der Waals surface area contributed by atoms with Gasteiger partial charge in [-0.1, -0.05) is 42.5 Å². The molecule has 2 aliphatic rings. The second-order valence-corrected chi connectivity index (χ2v) is 12.3. The number of hydrogen-bond acceptors (Lipinski definition) is 6. The summed E-state index contributed by atoms with van der Waals surface area (Å²) in [6.45, 7) is 12.0. The van der Waals surface area contributed by atoms with Crippen LogP contribution in [0.3, 0.4) is 0 Å². The molecule has 0 N–H and O–H groups in total. The van der Waals surface area contributed by atoms with Gasteiger partial charge in [-0.3, -0.25) is 9.79 Å². The van der Waals surface area contributed by atoms with E-state index < -0.39 is 0 Å². The highest BCUT2D eigenvalue weighted by atomic mass is 16.5. The van der Waals surface area contributed by atoms with Crippen LogP contribution in [0.1, 0.15) is 79.1 Å². The molecule has 2 heterocycles. The fourth-order valence-electron chi connectivity index (χ4n) is 6.56. The maximum atomic E-state index is 13.8. The van der Waals surface area contributed by atoms with Crippen LogP contribution in [0.2, 0.25) is 0 Å². The van der Waals surface area contributed by atoms with Crippen molar-refractivity contribution in [1.29, 1.82) is 0 Å². The minimum atomic E-state index is 0.0338. The summed E-state index contributed by atoms with van der Waals surface area (Å²) in [7, 11) is 3.86. The highest BCUT2D eigenvalue weighted by molar-refractivity contribution is 6.15. The van der Waals surface area contributed by atoms with Gasteiger partial charge in [0.25, 0.3) is 5.91 Å². The Morgan fingerprint density at radius 3 is 2.48 bits per heavy atom. The Morgan fingerprint density at radius 2 is 1.80 bits per heavy atom. The van der Waals surface area contributed by atoms with E-state index in [1.54, 1.807) is 7.11 Å². The number of methoxy groups -OCH3 is 1. The van der Waals surface area contributed by atoms with Crippen LogP contribution in [-0.2, 0) is 11.3 Å². The van der Waals surface area contributed by atoms with Crippen LogP contribution in [0.25, 0.3) is 0 Å². The minimum absolute atomic E-state index is 0.0338. The van der Waals surface area contributed by atoms with Crippen LogP contribution in [0.15, 0.2) is 71.7 Å². The number of likely N-dealkylation sites (N-methyl/N-ethyl adjacent to an activating group) is 1. The lowest BCUT2D eigenvalue weighted by molar-refractivity contribution is 0.0529. The summed E-state index contributed by atoms with van der Waals surface area (Å²) in [5.41, 5.74) is 6.12. The zero-order chi connectivity index (χ0) is 31.2. The van der Waals surface area contributed by atoms with Crippen molar-refractivity contribution in [1.82, 2.24) is 9.80 Å². The second-order valence-electron chi connectivity index (χ2n) is 12.3. The van der Waals surface area contributed by atoms with E-state index in [1.807, 2.05) is 54.3 Å². The predicted octanol–water partition coefficient (Wildman–Crippen LogP) is 6.58. The first-order valence-corrected chi connectivity index (χ1v) is 16.0. The summed E-state index contributed by atoms with van der Waals surface area (Å²) in [5.74, 6) is 1.82. The average molecular weight is 598 g/mol. The van der Waals surface area contributed by atoms with Gasteiger partial charge in [-0.15, -0.1) is 0 Å². The molecule has 2 aliphatic heterocycles. The van der Waals surface area contributed by atoms with Crippen LogP contribution in [0, 0.1) is 0 Å². The number of hydrogen-bond donors (Lipinski definition) is 0. The molecule has 3 aromatic carbocycles. The lowest BCUT2D eigenvalue weighted by Crippen LogP contribution is -2.44. The summed E-state index contributed by atoms with van der Waals surface area (Å²) in [5, 5.41) is 0. The van der Waals surface area contributed by atoms with Crippen molar-refractivity contribution in [3.63, 3.8) is 0 Å². The molecule has 0 saturated carbocycles. The third-order valence-electron chi connectivity index (χ3n) is 8.83. The van der Waals surface area contributed by atoms with E-state index in [0.717, 1.165) is 54.1 Å². The molecule has 1 unspecified atom stereocenters. The molecule has 1 saturated heterocycles. The van der Waals surface area contributed by atoms with Crippen molar-refractivity contribution < 1.29 is 19.0 Å². The smallest absolute Gasteiger partial charge is 0.254 e. The number of carbonyl (C=O) groups excluding carboxylic acids is 1. The normalized spacial score (nSPS) is 18.7. The summed E-state index contributed by atoms with van der Waals surface area (Å²) in [4.78, 5) is 23.5. The highest BCUT2D eigenvalue weighted by Crippen LogP contribution is 2.42. The monoisotopic (exact) mass is 597 g/mol. The largest absolute Gasteiger partial charge is 0.493 e. The Bertz CT molecular complexity index is 1440. The van der Waals surface area contributed by atoms with Crippen molar-refractivity contribution in [3.05, 3.63) is 94.5 Å². The molecule has 0 aromatic heterocycles. The number of amides is 1. The van der Waals surface area contributed by atoms with Gasteiger partial charge in [-0.25, -0.2) is 0 Å². The van der Waals surface area contributed by atoms with E-state index in [0.29, 0.717) is 37.1 Å². The van der Waals surface area contributed by atoms with Crippen molar-refractivity contribution in [2.45, 2.75) is 71.2 Å². The summed E-state index contributed by atoms with van der Waals surface area (Å²) < 4.78 is 17.6. The van der Waals surface area contributed by atoms with E-state index >= 15 is 0 Å². The first-order valence-electron chi connectivity index (χ1n) is 16.0. The number of carbonyl (C=O) groups is 1. The van der Waals surface area contributed by atoms with Crippen LogP contribution in [0.5, 0.6) is 11.5 Å². The first kappa shape index (κ1) is 31.7. The molecule has 3 atom stereocenters. The summed E-state index contributed by atoms with van der Waals surface area (Å²) >= 11 is 0. The minimum Gasteiger partial charge on any atom is -0.493 e. The van der Waals surface area contributed by atoms with Gasteiger partial charge >= 0.3 is 0 Å². The molecule has 3 aromatic rings. The number of nitrogens with zero attached hydrogens (tertiary/aromatic N) is 3. The van der Waals surface area contributed by atoms with Crippen molar-refractivity contribution >= 4 is 11.6 Å². The Hall–Kier alpha value is -3.68. The molecular weight excluding hydrogens is 550 g/mol. The highest BCUT2D eigenvalue weighted by Gasteiger charge is 2.36. The van der Waals surface area contributed by atoms with Gasteiger partial charge in [0, 0.05) is 47.8 Å². The number of rotatable bonds is 12. The molecule has 0 spiro atoms. The molecule has 5 rings (SSSR count). The third kappa shape index (κ3) is 7.00. The summed E-state index contributed by atoms with van der Waals surface area (Å²) in [6.07, 6.45) is 1.78. The Balaban J connectivity index is 1.35. The number of piperidine rings is 1. The average Bonchev–Trinajstić information content (AvgIpc) is 3.03. The zero-order valence-electron chi connectivity index (χ0n) is 27.1. The Morgan fingerprint density at radius 1 is 1.05 bits per heavy atom. The molecule has 44 heavy (non-hydrogen) atoms. The van der Waals surface area contributed by atoms with E-state index in [-0.39, 0.29) is 24.0 Å². The van der Waals surface area contributed by atoms with E-state index in [2.05, 4.69) is 57.0 Å². The van der Waals surface area contributed by atoms with Crippen LogP contribution in [0.4, 0.5) is 0 Å². The third-order valence-corrected chi connectivity index (χ3v) is 8.83. The second kappa shape index (κ2) is 14.4. The number of likely N-dealkylation sites (tertiary alicyclic amines) is 1. The number of fused-ring (bicyclic) bond motifs is 3. The van der Waals surface area contributed by atoms with Gasteiger partial charge in [0.2, 0.25) is 0 Å². The number of benzene rings is 3. The van der Waals surface area contributed by atoms with Gasteiger partial charge < -0.3 is 24.0 Å². The lowest BCUT2D eigenvalue weighted by Gasteiger charge is -2.39. The van der Waals surface area contributed by atoms with Crippen molar-refractivity contribution in [3.8, 4) is 11.5 Å². The van der Waals surface area contributed by atoms with Gasteiger partial charge in [-0.05, 0) is 89.5 Å². The van der Waals surface area contributed by atoms with E-state index in [4.69, 9.17) is 19.2 Å². The molecular formula is C37H47N3O4. The zero-order valence-corrected chi connectivity index (χ0v) is 27.1. The van der Waals surface area contributed by atoms with Gasteiger partial charge in [-0.2, -0.15) is 0 Å². The lowest BCUT2D eigenvalue weighted by atomic mass is 9.79. The molecule has 0 radical (unpaired) electrons. The quantitative estimate of drug-likeness (QED) is 0.221. The van der Waals surface area contributed by atoms with Gasteiger partial charge in [0.05, 0.1) is 32.1 Å². The van der Waals surface area contributed by atoms with Gasteiger partial charge in [0.1, 0.15) is 0 Å². The molecule has 0 bridgehead atoms. The van der Waals surface area contributed by atoms with Crippen LogP contribution in [-0.4, -0.2) is 80.0 Å². The molecule has 7 nitrogen and oxygen atoms in total. The SMILES string of the molecule is CCOc1cc2c(cc1OC)C(c1ccc(C(=O)N(C(C)C)C(C)CCOCc3ccccc3)cc1)=N[C@@H]1CCN(C)C[C@H]21. The van der Waals surface area contributed by atoms with Crippen LogP contribution < -0.4 is 9.47 Å². The summed E-state index contributed by atoms with van der Waals surface area (Å²) in [6, 6.07) is 22.7. The molecule has 7 heteroatoms. The van der Waals surface area contributed by atoms with E-state index in [9.17, 15) is 4.79 Å². The Kier molecular flexibility index (Phi) is 10.4. The molecule has 0 aliphatic carbocycles. The fourth-order valence-corrected chi connectivity index (χ4v) is 6.56. The maximum absolute atomic E-state index is 13.8. The van der Waals surface area contributed by atoms with Crippen molar-refractivity contribution in [2.75, 3.05) is 40.5 Å². The topological polar surface area (TPSA) is 63.6 Å². The molecule has 234 valence electrons.